The number of alkyl halides is 3. The summed E-state index contributed by atoms with van der Waals surface area (Å²) in [5.41, 5.74) is -2.07. The smallest absolute Gasteiger partial charge is 0.411 e. The number of rotatable bonds is 3. The van der Waals surface area contributed by atoms with Crippen molar-refractivity contribution in [3.63, 3.8) is 0 Å². The van der Waals surface area contributed by atoms with Gasteiger partial charge in [0.05, 0.1) is 19.5 Å². The van der Waals surface area contributed by atoms with E-state index in [9.17, 15) is 18.0 Å². The summed E-state index contributed by atoms with van der Waals surface area (Å²) in [4.78, 5) is 18.6. The number of halogens is 3. The lowest BCUT2D eigenvalue weighted by molar-refractivity contribution is -0.151. The van der Waals surface area contributed by atoms with Gasteiger partial charge in [0, 0.05) is 0 Å². The second-order valence-corrected chi connectivity index (χ2v) is 3.99. The van der Waals surface area contributed by atoms with Gasteiger partial charge in [0.25, 0.3) is 0 Å². The normalized spacial score (nSPS) is 17.1. The molecule has 1 aliphatic carbocycles. The summed E-state index contributed by atoms with van der Waals surface area (Å²) in [6.45, 7) is 0. The SMILES string of the molecule is COC(=O)c1cncc(NC2(C(F)(F)F)CC2)n1. The van der Waals surface area contributed by atoms with E-state index in [2.05, 4.69) is 20.0 Å². The van der Waals surface area contributed by atoms with Crippen molar-refractivity contribution in [1.82, 2.24) is 9.97 Å². The molecule has 0 atom stereocenters. The Labute approximate surface area is 100 Å². The first-order chi connectivity index (χ1) is 8.38. The van der Waals surface area contributed by atoms with Gasteiger partial charge in [-0.2, -0.15) is 13.2 Å². The molecule has 1 saturated carbocycles. The van der Waals surface area contributed by atoms with Gasteiger partial charge in [0.1, 0.15) is 11.4 Å². The predicted molar refractivity (Wildman–Crippen MR) is 55.0 cm³/mol. The highest BCUT2D eigenvalue weighted by molar-refractivity contribution is 5.87. The number of anilines is 1. The van der Waals surface area contributed by atoms with Gasteiger partial charge < -0.3 is 10.1 Å². The first-order valence-corrected chi connectivity index (χ1v) is 5.13. The van der Waals surface area contributed by atoms with E-state index in [1.807, 2.05) is 0 Å². The summed E-state index contributed by atoms with van der Waals surface area (Å²) in [5.74, 6) is -0.837. The molecule has 0 amide bonds. The zero-order valence-electron chi connectivity index (χ0n) is 9.41. The molecule has 1 heterocycles. The lowest BCUT2D eigenvalue weighted by atomic mass is 10.2. The van der Waals surface area contributed by atoms with E-state index in [1.54, 1.807) is 0 Å². The van der Waals surface area contributed by atoms with E-state index in [0.717, 1.165) is 19.5 Å². The van der Waals surface area contributed by atoms with Crippen LogP contribution in [0.5, 0.6) is 0 Å². The van der Waals surface area contributed by atoms with Crippen molar-refractivity contribution in [2.45, 2.75) is 24.6 Å². The van der Waals surface area contributed by atoms with Gasteiger partial charge >= 0.3 is 12.1 Å². The third kappa shape index (κ3) is 2.22. The third-order valence-corrected chi connectivity index (χ3v) is 2.69. The highest BCUT2D eigenvalue weighted by Gasteiger charge is 2.63. The number of hydrogen-bond donors (Lipinski definition) is 1. The Balaban J connectivity index is 2.18. The van der Waals surface area contributed by atoms with E-state index in [0.29, 0.717) is 0 Å². The molecule has 0 aliphatic heterocycles. The Bertz CT molecular complexity index is 472. The number of carbonyl (C=O) groups is 1. The molecule has 0 unspecified atom stereocenters. The molecule has 0 saturated heterocycles. The van der Waals surface area contributed by atoms with E-state index in [-0.39, 0.29) is 24.4 Å². The maximum atomic E-state index is 12.7. The molecule has 0 spiro atoms. The molecule has 1 N–H and O–H groups in total. The maximum Gasteiger partial charge on any atom is 0.411 e. The fourth-order valence-electron chi connectivity index (χ4n) is 1.48. The van der Waals surface area contributed by atoms with Crippen molar-refractivity contribution in [2.75, 3.05) is 12.4 Å². The highest BCUT2D eigenvalue weighted by Crippen LogP contribution is 2.50. The van der Waals surface area contributed by atoms with Gasteiger partial charge in [-0.15, -0.1) is 0 Å². The number of aromatic nitrogens is 2. The van der Waals surface area contributed by atoms with E-state index < -0.39 is 17.7 Å². The lowest BCUT2D eigenvalue weighted by Gasteiger charge is -2.21. The predicted octanol–water partition coefficient (Wildman–Crippen LogP) is 1.77. The van der Waals surface area contributed by atoms with Gasteiger partial charge in [0.2, 0.25) is 0 Å². The van der Waals surface area contributed by atoms with Gasteiger partial charge in [-0.1, -0.05) is 0 Å². The van der Waals surface area contributed by atoms with Crippen LogP contribution in [0, 0.1) is 0 Å². The molecule has 0 aromatic carbocycles. The summed E-state index contributed by atoms with van der Waals surface area (Å²) in [6, 6.07) is 0. The summed E-state index contributed by atoms with van der Waals surface area (Å²) in [5, 5.41) is 2.28. The molecule has 0 bridgehead atoms. The van der Waals surface area contributed by atoms with Gasteiger partial charge in [-0.25, -0.2) is 9.78 Å². The van der Waals surface area contributed by atoms with Crippen LogP contribution in [-0.2, 0) is 4.74 Å². The molecule has 2 rings (SSSR count). The zero-order valence-corrected chi connectivity index (χ0v) is 9.41. The number of hydrogen-bond acceptors (Lipinski definition) is 5. The quantitative estimate of drug-likeness (QED) is 0.840. The lowest BCUT2D eigenvalue weighted by Crippen LogP contribution is -2.39. The van der Waals surface area contributed by atoms with Crippen molar-refractivity contribution in [1.29, 1.82) is 0 Å². The topological polar surface area (TPSA) is 64.1 Å². The fourth-order valence-corrected chi connectivity index (χ4v) is 1.48. The second-order valence-electron chi connectivity index (χ2n) is 3.99. The van der Waals surface area contributed by atoms with Crippen LogP contribution in [0.25, 0.3) is 0 Å². The number of nitrogens with zero attached hydrogens (tertiary/aromatic N) is 2. The Morgan fingerprint density at radius 2 is 2.11 bits per heavy atom. The fraction of sp³-hybridized carbons (Fsp3) is 0.500. The van der Waals surface area contributed by atoms with Gasteiger partial charge in [-0.05, 0) is 12.8 Å². The molecule has 1 aliphatic rings. The maximum absolute atomic E-state index is 12.7. The highest BCUT2D eigenvalue weighted by atomic mass is 19.4. The van der Waals surface area contributed by atoms with Crippen molar-refractivity contribution in [3.8, 4) is 0 Å². The minimum atomic E-state index is -4.35. The van der Waals surface area contributed by atoms with Gasteiger partial charge in [-0.3, -0.25) is 4.98 Å². The number of methoxy groups -OCH3 is 1. The second kappa shape index (κ2) is 4.11. The molecule has 0 radical (unpaired) electrons. The number of carbonyl (C=O) groups excluding carboxylic acids is 1. The largest absolute Gasteiger partial charge is 0.464 e. The average molecular weight is 261 g/mol. The Kier molecular flexibility index (Phi) is 2.88. The molecule has 5 nitrogen and oxygen atoms in total. The van der Waals surface area contributed by atoms with Crippen LogP contribution in [-0.4, -0.2) is 34.8 Å². The summed E-state index contributed by atoms with van der Waals surface area (Å²) >= 11 is 0. The molecule has 18 heavy (non-hydrogen) atoms. The first-order valence-electron chi connectivity index (χ1n) is 5.13. The molecule has 8 heteroatoms. The van der Waals surface area contributed by atoms with Crippen molar-refractivity contribution in [2.24, 2.45) is 0 Å². The molecule has 98 valence electrons. The standard InChI is InChI=1S/C10H10F3N3O2/c1-18-8(17)6-4-14-5-7(15-6)16-9(2-3-9)10(11,12)13/h4-5H,2-3H2,1H3,(H,15,16). The van der Waals surface area contributed by atoms with Gasteiger partial charge in [0.15, 0.2) is 5.69 Å². The van der Waals surface area contributed by atoms with Crippen molar-refractivity contribution in [3.05, 3.63) is 18.1 Å². The Morgan fingerprint density at radius 1 is 1.44 bits per heavy atom. The molecular weight excluding hydrogens is 251 g/mol. The van der Waals surface area contributed by atoms with Crippen molar-refractivity contribution >= 4 is 11.8 Å². The van der Waals surface area contributed by atoms with Crippen LogP contribution in [0.2, 0.25) is 0 Å². The summed E-state index contributed by atoms with van der Waals surface area (Å²) in [6.07, 6.45) is -2.11. The molecule has 1 aromatic heterocycles. The Morgan fingerprint density at radius 3 is 2.61 bits per heavy atom. The minimum Gasteiger partial charge on any atom is -0.464 e. The monoisotopic (exact) mass is 261 g/mol. The average Bonchev–Trinajstić information content (AvgIpc) is 3.08. The van der Waals surface area contributed by atoms with E-state index >= 15 is 0 Å². The number of nitrogens with one attached hydrogen (secondary N) is 1. The van der Waals surface area contributed by atoms with E-state index in [1.165, 1.54) is 0 Å². The minimum absolute atomic E-state index is 0.0133. The Hall–Kier alpha value is -1.86. The number of ether oxygens (including phenoxy) is 1. The summed E-state index contributed by atoms with van der Waals surface area (Å²) < 4.78 is 42.5. The van der Waals surface area contributed by atoms with Crippen molar-refractivity contribution < 1.29 is 22.7 Å². The molecule has 1 fully saturated rings. The number of esters is 1. The summed E-state index contributed by atoms with van der Waals surface area (Å²) in [7, 11) is 1.15. The van der Waals surface area contributed by atoms with Crippen LogP contribution >= 0.6 is 0 Å². The first kappa shape index (κ1) is 12.6. The van der Waals surface area contributed by atoms with Crippen LogP contribution in [0.15, 0.2) is 12.4 Å². The van der Waals surface area contributed by atoms with Crippen LogP contribution in [0.4, 0.5) is 19.0 Å². The van der Waals surface area contributed by atoms with Crippen LogP contribution < -0.4 is 5.32 Å². The molecule has 1 aromatic rings. The van der Waals surface area contributed by atoms with Crippen LogP contribution in [0.1, 0.15) is 23.3 Å². The zero-order chi connectivity index (χ0) is 13.4. The van der Waals surface area contributed by atoms with Crippen LogP contribution in [0.3, 0.4) is 0 Å². The third-order valence-electron chi connectivity index (χ3n) is 2.69. The van der Waals surface area contributed by atoms with E-state index in [4.69, 9.17) is 0 Å². The molecular formula is C10H10F3N3O2.